The fourth-order valence-corrected chi connectivity index (χ4v) is 4.81. The molecule has 0 aliphatic carbocycles. The molecule has 1 nitrogen and oxygen atoms in total. The third-order valence-electron chi connectivity index (χ3n) is 4.70. The van der Waals surface area contributed by atoms with Gasteiger partial charge in [-0.3, -0.25) is 0 Å². The Morgan fingerprint density at radius 3 is 2.48 bits per heavy atom. The molecular weight excluding hydrogens is 276 g/mol. The largest absolute Gasteiger partial charge is 0.395 e. The van der Waals surface area contributed by atoms with Crippen LogP contribution in [0.15, 0.2) is 59.5 Å². The van der Waals surface area contributed by atoms with E-state index in [9.17, 15) is 5.11 Å². The summed E-state index contributed by atoms with van der Waals surface area (Å²) < 4.78 is 0. The summed E-state index contributed by atoms with van der Waals surface area (Å²) in [5.41, 5.74) is 2.62. The molecule has 2 heteroatoms. The third-order valence-corrected chi connectivity index (χ3v) is 6.02. The van der Waals surface area contributed by atoms with E-state index in [0.717, 1.165) is 19.3 Å². The maximum Gasteiger partial charge on any atom is 0.0528 e. The molecule has 3 rings (SSSR count). The van der Waals surface area contributed by atoms with E-state index in [1.807, 2.05) is 17.8 Å². The van der Waals surface area contributed by atoms with Gasteiger partial charge in [0.2, 0.25) is 0 Å². The van der Waals surface area contributed by atoms with Gasteiger partial charge in [0.25, 0.3) is 0 Å². The normalized spacial score (nSPS) is 20.0. The Labute approximate surface area is 131 Å². The Kier molecular flexibility index (Phi) is 4.37. The van der Waals surface area contributed by atoms with Crippen molar-refractivity contribution < 1.29 is 5.11 Å². The van der Waals surface area contributed by atoms with Gasteiger partial charge in [-0.25, -0.2) is 0 Å². The molecule has 21 heavy (non-hydrogen) atoms. The van der Waals surface area contributed by atoms with Crippen molar-refractivity contribution in [3.8, 4) is 0 Å². The smallest absolute Gasteiger partial charge is 0.0528 e. The quantitative estimate of drug-likeness (QED) is 0.881. The highest BCUT2D eigenvalue weighted by molar-refractivity contribution is 8.00. The van der Waals surface area contributed by atoms with Crippen LogP contribution in [-0.4, -0.2) is 17.0 Å². The Morgan fingerprint density at radius 1 is 1.10 bits per heavy atom. The molecule has 1 aliphatic heterocycles. The maximum atomic E-state index is 10.1. The van der Waals surface area contributed by atoms with Gasteiger partial charge in [0.15, 0.2) is 0 Å². The SMILES string of the molecule is CCC(CO)(CC1Cc2ccccc2S1)c1ccccc1. The topological polar surface area (TPSA) is 20.2 Å². The minimum Gasteiger partial charge on any atom is -0.395 e. The van der Waals surface area contributed by atoms with Gasteiger partial charge in [0.1, 0.15) is 0 Å². The van der Waals surface area contributed by atoms with Crippen LogP contribution in [0.4, 0.5) is 0 Å². The van der Waals surface area contributed by atoms with Gasteiger partial charge in [0.05, 0.1) is 6.61 Å². The van der Waals surface area contributed by atoms with E-state index in [1.54, 1.807) is 0 Å². The van der Waals surface area contributed by atoms with E-state index in [1.165, 1.54) is 16.0 Å². The molecule has 0 spiro atoms. The molecule has 0 aromatic heterocycles. The van der Waals surface area contributed by atoms with Crippen molar-refractivity contribution in [3.63, 3.8) is 0 Å². The van der Waals surface area contributed by atoms with Gasteiger partial charge >= 0.3 is 0 Å². The van der Waals surface area contributed by atoms with Crippen molar-refractivity contribution in [1.29, 1.82) is 0 Å². The van der Waals surface area contributed by atoms with Crippen molar-refractivity contribution in [2.45, 2.75) is 41.7 Å². The maximum absolute atomic E-state index is 10.1. The summed E-state index contributed by atoms with van der Waals surface area (Å²) in [5.74, 6) is 0. The minimum atomic E-state index is -0.110. The van der Waals surface area contributed by atoms with E-state index < -0.39 is 0 Å². The van der Waals surface area contributed by atoms with E-state index >= 15 is 0 Å². The first-order valence-electron chi connectivity index (χ1n) is 7.68. The van der Waals surface area contributed by atoms with Crippen molar-refractivity contribution >= 4 is 11.8 Å². The molecule has 2 unspecified atom stereocenters. The second-order valence-corrected chi connectivity index (χ2v) is 7.26. The fourth-order valence-electron chi connectivity index (χ4n) is 3.33. The Balaban J connectivity index is 1.82. The lowest BCUT2D eigenvalue weighted by Gasteiger charge is -2.33. The summed E-state index contributed by atoms with van der Waals surface area (Å²) in [7, 11) is 0. The number of benzene rings is 2. The molecule has 0 saturated carbocycles. The Morgan fingerprint density at radius 2 is 1.81 bits per heavy atom. The molecule has 0 bridgehead atoms. The van der Waals surface area contributed by atoms with Gasteiger partial charge in [-0.2, -0.15) is 0 Å². The fraction of sp³-hybridized carbons (Fsp3) is 0.368. The third kappa shape index (κ3) is 2.88. The van der Waals surface area contributed by atoms with Crippen LogP contribution in [0.3, 0.4) is 0 Å². The number of hydrogen-bond donors (Lipinski definition) is 1. The summed E-state index contributed by atoms with van der Waals surface area (Å²) in [6, 6.07) is 19.2. The molecule has 0 fully saturated rings. The lowest BCUT2D eigenvalue weighted by Crippen LogP contribution is -2.33. The van der Waals surface area contributed by atoms with Crippen LogP contribution in [0.25, 0.3) is 0 Å². The van der Waals surface area contributed by atoms with Crippen molar-refractivity contribution in [3.05, 3.63) is 65.7 Å². The van der Waals surface area contributed by atoms with E-state index in [4.69, 9.17) is 0 Å². The van der Waals surface area contributed by atoms with Crippen LogP contribution >= 0.6 is 11.8 Å². The molecule has 2 atom stereocenters. The highest BCUT2D eigenvalue weighted by Crippen LogP contribution is 2.44. The molecule has 0 radical (unpaired) electrons. The molecule has 2 aromatic carbocycles. The number of aliphatic hydroxyl groups is 1. The first-order chi connectivity index (χ1) is 10.3. The molecule has 110 valence electrons. The van der Waals surface area contributed by atoms with Gasteiger partial charge in [-0.15, -0.1) is 11.8 Å². The highest BCUT2D eigenvalue weighted by Gasteiger charge is 2.35. The molecule has 0 saturated heterocycles. The minimum absolute atomic E-state index is 0.110. The van der Waals surface area contributed by atoms with Crippen LogP contribution in [0.1, 0.15) is 30.9 Å². The predicted octanol–water partition coefficient (Wildman–Crippen LogP) is 4.43. The van der Waals surface area contributed by atoms with Crippen LogP contribution in [0, 0.1) is 0 Å². The van der Waals surface area contributed by atoms with Crippen LogP contribution < -0.4 is 0 Å². The first kappa shape index (κ1) is 14.7. The Hall–Kier alpha value is -1.25. The average molecular weight is 298 g/mol. The zero-order chi connectivity index (χ0) is 14.7. The molecular formula is C19H22OS. The molecule has 1 heterocycles. The molecule has 0 amide bonds. The van der Waals surface area contributed by atoms with Crippen LogP contribution in [-0.2, 0) is 11.8 Å². The number of thioether (sulfide) groups is 1. The Bertz CT molecular complexity index is 565. The van der Waals surface area contributed by atoms with Crippen molar-refractivity contribution in [2.75, 3.05) is 6.61 Å². The zero-order valence-electron chi connectivity index (χ0n) is 12.5. The zero-order valence-corrected chi connectivity index (χ0v) is 13.3. The van der Waals surface area contributed by atoms with E-state index in [2.05, 4.69) is 55.5 Å². The van der Waals surface area contributed by atoms with Gasteiger partial charge in [0, 0.05) is 15.6 Å². The van der Waals surface area contributed by atoms with Gasteiger partial charge in [-0.1, -0.05) is 55.5 Å². The second-order valence-electron chi connectivity index (χ2n) is 5.91. The van der Waals surface area contributed by atoms with E-state index in [0.29, 0.717) is 5.25 Å². The lowest BCUT2D eigenvalue weighted by atomic mass is 9.74. The van der Waals surface area contributed by atoms with Crippen molar-refractivity contribution in [2.24, 2.45) is 0 Å². The lowest BCUT2D eigenvalue weighted by molar-refractivity contribution is 0.178. The number of rotatable bonds is 5. The predicted molar refractivity (Wildman–Crippen MR) is 89.9 cm³/mol. The second kappa shape index (κ2) is 6.25. The number of hydrogen-bond acceptors (Lipinski definition) is 2. The van der Waals surface area contributed by atoms with Gasteiger partial charge < -0.3 is 5.11 Å². The summed E-state index contributed by atoms with van der Waals surface area (Å²) in [4.78, 5) is 1.42. The van der Waals surface area contributed by atoms with Crippen LogP contribution in [0.5, 0.6) is 0 Å². The summed E-state index contributed by atoms with van der Waals surface area (Å²) in [5, 5.41) is 10.7. The number of fused-ring (bicyclic) bond motifs is 1. The van der Waals surface area contributed by atoms with Crippen molar-refractivity contribution in [1.82, 2.24) is 0 Å². The summed E-state index contributed by atoms with van der Waals surface area (Å²) in [6.45, 7) is 2.41. The highest BCUT2D eigenvalue weighted by atomic mass is 32.2. The van der Waals surface area contributed by atoms with E-state index in [-0.39, 0.29) is 12.0 Å². The monoisotopic (exact) mass is 298 g/mol. The average Bonchev–Trinajstić information content (AvgIpc) is 2.96. The molecule has 2 aromatic rings. The summed E-state index contributed by atoms with van der Waals surface area (Å²) in [6.07, 6.45) is 3.12. The summed E-state index contributed by atoms with van der Waals surface area (Å²) >= 11 is 1.98. The van der Waals surface area contributed by atoms with Gasteiger partial charge in [-0.05, 0) is 36.5 Å². The molecule has 1 aliphatic rings. The number of aliphatic hydroxyl groups excluding tert-OH is 1. The van der Waals surface area contributed by atoms with Crippen LogP contribution in [0.2, 0.25) is 0 Å². The standard InChI is InChI=1S/C19H22OS/c1-2-19(14-20,16-9-4-3-5-10-16)13-17-12-15-8-6-7-11-18(15)21-17/h3-11,17,20H,2,12-14H2,1H3. The molecule has 1 N–H and O–H groups in total. The first-order valence-corrected chi connectivity index (χ1v) is 8.56.